The Hall–Kier alpha value is -0.860. The average molecular weight is 170 g/mol. The lowest BCUT2D eigenvalue weighted by Crippen LogP contribution is -2.24. The van der Waals surface area contributed by atoms with Gasteiger partial charge in [0.05, 0.1) is 13.0 Å². The molecular formula is C9H14O3. The molecule has 1 saturated carbocycles. The highest BCUT2D eigenvalue weighted by molar-refractivity contribution is 5.88. The first-order valence-corrected chi connectivity index (χ1v) is 4.27. The van der Waals surface area contributed by atoms with Gasteiger partial charge in [-0.05, 0) is 12.8 Å². The second-order valence-electron chi connectivity index (χ2n) is 3.28. The molecule has 2 atom stereocenters. The van der Waals surface area contributed by atoms with E-state index in [4.69, 9.17) is 0 Å². The third-order valence-corrected chi connectivity index (χ3v) is 2.53. The molecule has 0 saturated heterocycles. The van der Waals surface area contributed by atoms with Crippen LogP contribution in [0.15, 0.2) is 0 Å². The summed E-state index contributed by atoms with van der Waals surface area (Å²) < 4.78 is 4.58. The Morgan fingerprint density at radius 1 is 1.67 bits per heavy atom. The molecule has 1 fully saturated rings. The van der Waals surface area contributed by atoms with Crippen LogP contribution in [0.4, 0.5) is 0 Å². The maximum Gasteiger partial charge on any atom is 0.309 e. The number of ketones is 1. The summed E-state index contributed by atoms with van der Waals surface area (Å²) >= 11 is 0. The first-order valence-electron chi connectivity index (χ1n) is 4.27. The Labute approximate surface area is 72.1 Å². The summed E-state index contributed by atoms with van der Waals surface area (Å²) in [5.41, 5.74) is 0. The molecule has 2 unspecified atom stereocenters. The highest BCUT2D eigenvalue weighted by Gasteiger charge is 2.33. The molecule has 1 aliphatic rings. The number of hydrogen-bond acceptors (Lipinski definition) is 3. The monoisotopic (exact) mass is 170 g/mol. The number of rotatable bonds is 2. The largest absolute Gasteiger partial charge is 0.469 e. The Morgan fingerprint density at radius 2 is 2.33 bits per heavy atom. The topological polar surface area (TPSA) is 43.4 Å². The summed E-state index contributed by atoms with van der Waals surface area (Å²) in [6, 6.07) is 0. The smallest absolute Gasteiger partial charge is 0.309 e. The van der Waals surface area contributed by atoms with Crippen molar-refractivity contribution in [3.63, 3.8) is 0 Å². The molecule has 1 rings (SSSR count). The maximum absolute atomic E-state index is 11.2. The van der Waals surface area contributed by atoms with E-state index in [9.17, 15) is 9.59 Å². The Balaban J connectivity index is 2.57. The molecule has 0 bridgehead atoms. The van der Waals surface area contributed by atoms with Crippen LogP contribution in [0.1, 0.15) is 26.2 Å². The molecule has 0 amide bonds. The number of carbonyl (C=O) groups excluding carboxylic acids is 2. The van der Waals surface area contributed by atoms with Crippen LogP contribution in [0.3, 0.4) is 0 Å². The van der Waals surface area contributed by atoms with Gasteiger partial charge in [0.15, 0.2) is 0 Å². The van der Waals surface area contributed by atoms with Gasteiger partial charge < -0.3 is 4.74 Å². The van der Waals surface area contributed by atoms with Crippen molar-refractivity contribution in [3.05, 3.63) is 0 Å². The number of Topliss-reactive ketones (excluding diaryl/α,β-unsaturated/α-hetero) is 1. The summed E-state index contributed by atoms with van der Waals surface area (Å²) in [4.78, 5) is 22.3. The molecule has 0 aromatic rings. The molecule has 0 aromatic carbocycles. The van der Waals surface area contributed by atoms with Gasteiger partial charge >= 0.3 is 5.97 Å². The molecule has 68 valence electrons. The van der Waals surface area contributed by atoms with Crippen molar-refractivity contribution in [1.82, 2.24) is 0 Å². The fourth-order valence-electron chi connectivity index (χ4n) is 1.72. The van der Waals surface area contributed by atoms with Crippen LogP contribution in [-0.4, -0.2) is 18.9 Å². The molecule has 0 heterocycles. The van der Waals surface area contributed by atoms with Crippen molar-refractivity contribution in [2.24, 2.45) is 11.8 Å². The van der Waals surface area contributed by atoms with Crippen LogP contribution in [0.5, 0.6) is 0 Å². The molecule has 12 heavy (non-hydrogen) atoms. The molecule has 0 radical (unpaired) electrons. The summed E-state index contributed by atoms with van der Waals surface area (Å²) in [5, 5.41) is 0. The van der Waals surface area contributed by atoms with Crippen LogP contribution in [-0.2, 0) is 14.3 Å². The van der Waals surface area contributed by atoms with E-state index in [1.807, 2.05) is 0 Å². The minimum Gasteiger partial charge on any atom is -0.469 e. The van der Waals surface area contributed by atoms with Crippen LogP contribution in [0.25, 0.3) is 0 Å². The minimum atomic E-state index is -0.268. The van der Waals surface area contributed by atoms with Gasteiger partial charge in [0.1, 0.15) is 5.78 Å². The Bertz CT molecular complexity index is 198. The molecule has 0 aliphatic heterocycles. The van der Waals surface area contributed by atoms with Gasteiger partial charge in [0, 0.05) is 12.3 Å². The van der Waals surface area contributed by atoms with E-state index in [0.717, 1.165) is 12.8 Å². The van der Waals surface area contributed by atoms with E-state index in [-0.39, 0.29) is 23.6 Å². The Kier molecular flexibility index (Phi) is 2.84. The molecule has 0 N–H and O–H groups in total. The number of esters is 1. The predicted octanol–water partition coefficient (Wildman–Crippen LogP) is 1.16. The highest BCUT2D eigenvalue weighted by atomic mass is 16.5. The van der Waals surface area contributed by atoms with Crippen molar-refractivity contribution in [2.45, 2.75) is 26.2 Å². The quantitative estimate of drug-likeness (QED) is 0.584. The average Bonchev–Trinajstić information content (AvgIpc) is 2.48. The lowest BCUT2D eigenvalue weighted by atomic mass is 9.92. The fraction of sp³-hybridized carbons (Fsp3) is 0.778. The van der Waals surface area contributed by atoms with Gasteiger partial charge in [-0.15, -0.1) is 0 Å². The number of methoxy groups -OCH3 is 1. The SMILES string of the molecule is COC(=O)C(C)C1CCCC1=O. The zero-order valence-corrected chi connectivity index (χ0v) is 7.50. The normalized spacial score (nSPS) is 25.5. The van der Waals surface area contributed by atoms with E-state index in [1.165, 1.54) is 7.11 Å². The van der Waals surface area contributed by atoms with Crippen molar-refractivity contribution in [3.8, 4) is 0 Å². The van der Waals surface area contributed by atoms with Gasteiger partial charge in [-0.2, -0.15) is 0 Å². The van der Waals surface area contributed by atoms with Crippen LogP contribution in [0, 0.1) is 11.8 Å². The van der Waals surface area contributed by atoms with Crippen LogP contribution < -0.4 is 0 Å². The van der Waals surface area contributed by atoms with E-state index >= 15 is 0 Å². The molecule has 3 heteroatoms. The zero-order valence-electron chi connectivity index (χ0n) is 7.50. The van der Waals surface area contributed by atoms with Crippen LogP contribution in [0.2, 0.25) is 0 Å². The lowest BCUT2D eigenvalue weighted by Gasteiger charge is -2.14. The van der Waals surface area contributed by atoms with Crippen LogP contribution >= 0.6 is 0 Å². The lowest BCUT2D eigenvalue weighted by molar-refractivity contribution is -0.148. The van der Waals surface area contributed by atoms with E-state index in [1.54, 1.807) is 6.92 Å². The van der Waals surface area contributed by atoms with E-state index in [0.29, 0.717) is 6.42 Å². The van der Waals surface area contributed by atoms with Gasteiger partial charge in [-0.1, -0.05) is 6.92 Å². The molecule has 1 aliphatic carbocycles. The molecular weight excluding hydrogens is 156 g/mol. The van der Waals surface area contributed by atoms with Gasteiger partial charge in [-0.3, -0.25) is 9.59 Å². The second-order valence-corrected chi connectivity index (χ2v) is 3.28. The van der Waals surface area contributed by atoms with E-state index in [2.05, 4.69) is 4.74 Å². The Morgan fingerprint density at radius 3 is 2.75 bits per heavy atom. The highest BCUT2D eigenvalue weighted by Crippen LogP contribution is 2.28. The van der Waals surface area contributed by atoms with Gasteiger partial charge in [-0.25, -0.2) is 0 Å². The fourth-order valence-corrected chi connectivity index (χ4v) is 1.72. The minimum absolute atomic E-state index is 0.0857. The van der Waals surface area contributed by atoms with Crippen molar-refractivity contribution in [1.29, 1.82) is 0 Å². The van der Waals surface area contributed by atoms with Crippen molar-refractivity contribution >= 4 is 11.8 Å². The third kappa shape index (κ3) is 1.65. The first-order chi connectivity index (χ1) is 5.66. The third-order valence-electron chi connectivity index (χ3n) is 2.53. The molecule has 0 aromatic heterocycles. The zero-order chi connectivity index (χ0) is 9.14. The van der Waals surface area contributed by atoms with Crippen molar-refractivity contribution in [2.75, 3.05) is 7.11 Å². The number of hydrogen-bond donors (Lipinski definition) is 0. The number of carbonyl (C=O) groups is 2. The first kappa shape index (κ1) is 9.23. The summed E-state index contributed by atoms with van der Waals surface area (Å²) in [7, 11) is 1.36. The van der Waals surface area contributed by atoms with Gasteiger partial charge in [0.2, 0.25) is 0 Å². The van der Waals surface area contributed by atoms with Crippen molar-refractivity contribution < 1.29 is 14.3 Å². The second kappa shape index (κ2) is 3.70. The predicted molar refractivity (Wildman–Crippen MR) is 43.5 cm³/mol. The summed E-state index contributed by atoms with van der Waals surface area (Å²) in [6.45, 7) is 1.76. The standard InChI is InChI=1S/C9H14O3/c1-6(9(11)12-2)7-4-3-5-8(7)10/h6-7H,3-5H2,1-2H3. The molecule has 3 nitrogen and oxygen atoms in total. The van der Waals surface area contributed by atoms with Gasteiger partial charge in [0.25, 0.3) is 0 Å². The van der Waals surface area contributed by atoms with E-state index < -0.39 is 0 Å². The maximum atomic E-state index is 11.2. The summed E-state index contributed by atoms with van der Waals surface area (Å²) in [5.74, 6) is -0.398. The molecule has 0 spiro atoms. The number of ether oxygens (including phenoxy) is 1. The summed E-state index contributed by atoms with van der Waals surface area (Å²) in [6.07, 6.45) is 2.39.